The molecule has 2 aromatic carbocycles. The van der Waals surface area contributed by atoms with E-state index in [1.165, 1.54) is 25.3 Å². The van der Waals surface area contributed by atoms with Gasteiger partial charge in [0.15, 0.2) is 5.75 Å². The lowest BCUT2D eigenvalue weighted by Crippen LogP contribution is -2.04. The summed E-state index contributed by atoms with van der Waals surface area (Å²) in [5.74, 6) is -1.32. The monoisotopic (exact) mass is 294 g/mol. The first kappa shape index (κ1) is 14.7. The minimum atomic E-state index is -0.724. The van der Waals surface area contributed by atoms with Gasteiger partial charge in [-0.05, 0) is 23.8 Å². The quantitative estimate of drug-likeness (QED) is 0.677. The lowest BCUT2D eigenvalue weighted by molar-refractivity contribution is -0.385. The highest BCUT2D eigenvalue weighted by Crippen LogP contribution is 2.28. The molecular weight excluding hydrogens is 282 g/mol. The van der Waals surface area contributed by atoms with Crippen LogP contribution >= 0.6 is 0 Å². The van der Waals surface area contributed by atoms with Crippen LogP contribution in [-0.4, -0.2) is 12.0 Å². The van der Waals surface area contributed by atoms with E-state index in [1.807, 2.05) is 0 Å². The smallest absolute Gasteiger partial charge is 0.311 e. The number of rotatable bonds is 5. The summed E-state index contributed by atoms with van der Waals surface area (Å²) >= 11 is 0. The van der Waals surface area contributed by atoms with Crippen molar-refractivity contribution in [2.75, 3.05) is 12.4 Å². The lowest BCUT2D eigenvalue weighted by Gasteiger charge is -2.09. The first-order valence-corrected chi connectivity index (χ1v) is 6.02. The normalized spacial score (nSPS) is 10.2. The molecule has 0 saturated carbocycles. The van der Waals surface area contributed by atoms with Gasteiger partial charge in [-0.25, -0.2) is 8.78 Å². The topological polar surface area (TPSA) is 64.4 Å². The molecule has 5 nitrogen and oxygen atoms in total. The zero-order valence-corrected chi connectivity index (χ0v) is 11.1. The highest BCUT2D eigenvalue weighted by Gasteiger charge is 2.15. The molecule has 0 amide bonds. The predicted octanol–water partition coefficient (Wildman–Crippen LogP) is 3.49. The summed E-state index contributed by atoms with van der Waals surface area (Å²) in [6.45, 7) is 0.0443. The number of methoxy groups -OCH3 is 1. The number of nitro benzene ring substituents is 1. The largest absolute Gasteiger partial charge is 0.490 e. The number of nitrogens with zero attached hydrogens (tertiary/aromatic N) is 1. The Balaban J connectivity index is 2.21. The molecule has 0 aliphatic rings. The van der Waals surface area contributed by atoms with E-state index in [2.05, 4.69) is 5.32 Å². The number of ether oxygens (including phenoxy) is 1. The highest BCUT2D eigenvalue weighted by molar-refractivity contribution is 5.51. The molecule has 7 heteroatoms. The SMILES string of the molecule is COc1ccc(CNc2c(F)cccc2F)cc1[N+](=O)[O-]. The molecule has 110 valence electrons. The molecule has 0 saturated heterocycles. The van der Waals surface area contributed by atoms with Crippen LogP contribution in [0.15, 0.2) is 36.4 Å². The van der Waals surface area contributed by atoms with Crippen LogP contribution in [0.3, 0.4) is 0 Å². The Hall–Kier alpha value is -2.70. The number of halogens is 2. The Labute approximate surface area is 119 Å². The van der Waals surface area contributed by atoms with Crippen molar-refractivity contribution < 1.29 is 18.4 Å². The fourth-order valence-corrected chi connectivity index (χ4v) is 1.85. The molecule has 2 aromatic rings. The molecule has 0 spiro atoms. The van der Waals surface area contributed by atoms with Gasteiger partial charge in [0.2, 0.25) is 0 Å². The highest BCUT2D eigenvalue weighted by atomic mass is 19.1. The summed E-state index contributed by atoms with van der Waals surface area (Å²) in [6, 6.07) is 7.83. The predicted molar refractivity (Wildman–Crippen MR) is 73.3 cm³/mol. The number of nitro groups is 1. The van der Waals surface area contributed by atoms with Crippen molar-refractivity contribution in [1.29, 1.82) is 0 Å². The van der Waals surface area contributed by atoms with Gasteiger partial charge < -0.3 is 10.1 Å². The lowest BCUT2D eigenvalue weighted by atomic mass is 10.1. The fraction of sp³-hybridized carbons (Fsp3) is 0.143. The molecule has 0 aliphatic heterocycles. The van der Waals surface area contributed by atoms with Crippen molar-refractivity contribution in [3.8, 4) is 5.75 Å². The number of nitrogens with one attached hydrogen (secondary N) is 1. The molecule has 0 heterocycles. The van der Waals surface area contributed by atoms with Crippen LogP contribution < -0.4 is 10.1 Å². The number of anilines is 1. The average Bonchev–Trinajstić information content (AvgIpc) is 2.46. The Kier molecular flexibility index (Phi) is 4.32. The summed E-state index contributed by atoms with van der Waals surface area (Å²) in [6.07, 6.45) is 0. The molecule has 0 unspecified atom stereocenters. The van der Waals surface area contributed by atoms with Gasteiger partial charge in [-0.1, -0.05) is 12.1 Å². The van der Waals surface area contributed by atoms with E-state index in [-0.39, 0.29) is 23.7 Å². The second kappa shape index (κ2) is 6.17. The molecule has 0 bridgehead atoms. The number of hydrogen-bond acceptors (Lipinski definition) is 4. The summed E-state index contributed by atoms with van der Waals surface area (Å²) in [7, 11) is 1.33. The van der Waals surface area contributed by atoms with Crippen LogP contribution in [0.2, 0.25) is 0 Å². The molecule has 0 fully saturated rings. The van der Waals surface area contributed by atoms with Crippen LogP contribution in [0.4, 0.5) is 20.2 Å². The van der Waals surface area contributed by atoms with Gasteiger partial charge in [0, 0.05) is 12.6 Å². The molecule has 0 radical (unpaired) electrons. The third kappa shape index (κ3) is 3.25. The molecule has 2 rings (SSSR count). The molecule has 0 aromatic heterocycles. The molecule has 21 heavy (non-hydrogen) atoms. The van der Waals surface area contributed by atoms with Gasteiger partial charge in [0.05, 0.1) is 12.0 Å². The molecular formula is C14H12F2N2O3. The van der Waals surface area contributed by atoms with Crippen molar-refractivity contribution in [3.05, 3.63) is 63.7 Å². The van der Waals surface area contributed by atoms with Crippen LogP contribution in [0.25, 0.3) is 0 Å². The van der Waals surface area contributed by atoms with Crippen molar-refractivity contribution in [2.24, 2.45) is 0 Å². The zero-order chi connectivity index (χ0) is 15.4. The minimum Gasteiger partial charge on any atom is -0.490 e. The van der Waals surface area contributed by atoms with Crippen LogP contribution in [-0.2, 0) is 6.54 Å². The molecule has 0 atom stereocenters. The number of benzene rings is 2. The average molecular weight is 294 g/mol. The van der Waals surface area contributed by atoms with Gasteiger partial charge >= 0.3 is 5.69 Å². The standard InChI is InChI=1S/C14H12F2N2O3/c1-21-13-6-5-9(7-12(13)18(19)20)8-17-14-10(15)3-2-4-11(14)16/h2-7,17H,8H2,1H3. The van der Waals surface area contributed by atoms with E-state index < -0.39 is 16.6 Å². The van der Waals surface area contributed by atoms with Gasteiger partial charge in [0.1, 0.15) is 17.3 Å². The van der Waals surface area contributed by atoms with E-state index in [9.17, 15) is 18.9 Å². The van der Waals surface area contributed by atoms with E-state index in [1.54, 1.807) is 6.07 Å². The van der Waals surface area contributed by atoms with Gasteiger partial charge in [-0.15, -0.1) is 0 Å². The first-order chi connectivity index (χ1) is 10.0. The van der Waals surface area contributed by atoms with Gasteiger partial charge in [-0.3, -0.25) is 10.1 Å². The fourth-order valence-electron chi connectivity index (χ4n) is 1.85. The van der Waals surface area contributed by atoms with Gasteiger partial charge in [-0.2, -0.15) is 0 Å². The second-order valence-electron chi connectivity index (χ2n) is 4.21. The number of para-hydroxylation sites is 1. The van der Waals surface area contributed by atoms with E-state index >= 15 is 0 Å². The van der Waals surface area contributed by atoms with Crippen LogP contribution in [0, 0.1) is 21.7 Å². The van der Waals surface area contributed by atoms with Crippen LogP contribution in [0.5, 0.6) is 5.75 Å². The van der Waals surface area contributed by atoms with Gasteiger partial charge in [0.25, 0.3) is 0 Å². The Morgan fingerprint density at radius 3 is 2.48 bits per heavy atom. The van der Waals surface area contributed by atoms with Crippen molar-refractivity contribution in [3.63, 3.8) is 0 Å². The Bertz CT molecular complexity index is 657. The maximum absolute atomic E-state index is 13.4. The Morgan fingerprint density at radius 2 is 1.90 bits per heavy atom. The van der Waals surface area contributed by atoms with E-state index in [0.717, 1.165) is 12.1 Å². The molecule has 1 N–H and O–H groups in total. The molecule has 0 aliphatic carbocycles. The Morgan fingerprint density at radius 1 is 1.24 bits per heavy atom. The van der Waals surface area contributed by atoms with E-state index in [4.69, 9.17) is 4.74 Å². The third-order valence-corrected chi connectivity index (χ3v) is 2.87. The first-order valence-electron chi connectivity index (χ1n) is 6.02. The summed E-state index contributed by atoms with van der Waals surface area (Å²) in [5.41, 5.74) is 0.0342. The second-order valence-corrected chi connectivity index (χ2v) is 4.21. The minimum absolute atomic E-state index is 0.0443. The summed E-state index contributed by atoms with van der Waals surface area (Å²) in [5, 5.41) is 13.5. The van der Waals surface area contributed by atoms with Crippen molar-refractivity contribution >= 4 is 11.4 Å². The maximum atomic E-state index is 13.4. The van der Waals surface area contributed by atoms with Crippen LogP contribution in [0.1, 0.15) is 5.56 Å². The summed E-state index contributed by atoms with van der Waals surface area (Å²) in [4.78, 5) is 10.3. The van der Waals surface area contributed by atoms with E-state index in [0.29, 0.717) is 5.56 Å². The third-order valence-electron chi connectivity index (χ3n) is 2.87. The maximum Gasteiger partial charge on any atom is 0.311 e. The van der Waals surface area contributed by atoms with Crippen molar-refractivity contribution in [2.45, 2.75) is 6.54 Å². The number of hydrogen-bond donors (Lipinski definition) is 1. The zero-order valence-electron chi connectivity index (χ0n) is 11.1. The summed E-state index contributed by atoms with van der Waals surface area (Å²) < 4.78 is 31.8. The van der Waals surface area contributed by atoms with Crippen molar-refractivity contribution in [1.82, 2.24) is 0 Å².